The Morgan fingerprint density at radius 2 is 1.68 bits per heavy atom. The first-order valence-corrected chi connectivity index (χ1v) is 11.9. The molecule has 4 aromatic heterocycles. The van der Waals surface area contributed by atoms with Crippen molar-refractivity contribution in [1.82, 2.24) is 24.7 Å². The highest BCUT2D eigenvalue weighted by atomic mass is 19.1. The SMILES string of the molecule is Cc1noc(C)c1-c1cc(C(O)(c2ccc(F)cn2)c2ccc(F)cn2)c2nc(C3CC3)n(C(=O)O)c2c1. The van der Waals surface area contributed by atoms with Gasteiger partial charge in [0.15, 0.2) is 5.60 Å². The normalized spacial score (nSPS) is 13.8. The van der Waals surface area contributed by atoms with Crippen LogP contribution in [0.3, 0.4) is 0 Å². The molecule has 0 unspecified atom stereocenters. The summed E-state index contributed by atoms with van der Waals surface area (Å²) < 4.78 is 34.2. The second kappa shape index (κ2) is 8.52. The van der Waals surface area contributed by atoms with Gasteiger partial charge in [0.1, 0.15) is 23.2 Å². The fourth-order valence-electron chi connectivity index (χ4n) is 4.91. The highest BCUT2D eigenvalue weighted by Gasteiger charge is 2.42. The minimum Gasteiger partial charge on any atom is -0.464 e. The minimum absolute atomic E-state index is 0.00642. The fraction of sp³-hybridized carbons (Fsp3) is 0.222. The number of benzene rings is 1. The number of aliphatic hydroxyl groups is 1. The predicted octanol–water partition coefficient (Wildman–Crippen LogP) is 5.06. The van der Waals surface area contributed by atoms with E-state index in [9.17, 15) is 23.8 Å². The molecule has 1 aliphatic carbocycles. The Morgan fingerprint density at radius 1 is 1.05 bits per heavy atom. The van der Waals surface area contributed by atoms with Crippen LogP contribution < -0.4 is 0 Å². The van der Waals surface area contributed by atoms with Crippen LogP contribution in [-0.4, -0.2) is 41.0 Å². The van der Waals surface area contributed by atoms with E-state index in [4.69, 9.17) is 9.51 Å². The summed E-state index contributed by atoms with van der Waals surface area (Å²) in [5, 5.41) is 26.6. The Bertz CT molecular complexity index is 1640. The summed E-state index contributed by atoms with van der Waals surface area (Å²) in [6.07, 6.45) is 2.24. The average Bonchev–Trinajstić information content (AvgIpc) is 3.58. The van der Waals surface area contributed by atoms with Gasteiger partial charge in [-0.1, -0.05) is 5.16 Å². The number of pyridine rings is 2. The molecule has 0 saturated heterocycles. The van der Waals surface area contributed by atoms with Crippen molar-refractivity contribution in [2.75, 3.05) is 0 Å². The Labute approximate surface area is 214 Å². The van der Waals surface area contributed by atoms with Crippen molar-refractivity contribution < 1.29 is 28.3 Å². The van der Waals surface area contributed by atoms with Gasteiger partial charge in [-0.15, -0.1) is 0 Å². The highest BCUT2D eigenvalue weighted by molar-refractivity contribution is 5.93. The van der Waals surface area contributed by atoms with Crippen LogP contribution in [0.15, 0.2) is 53.3 Å². The van der Waals surface area contributed by atoms with Crippen molar-refractivity contribution in [3.63, 3.8) is 0 Å². The summed E-state index contributed by atoms with van der Waals surface area (Å²) in [5.41, 5.74) is 0.0786. The van der Waals surface area contributed by atoms with Crippen molar-refractivity contribution in [1.29, 1.82) is 0 Å². The third kappa shape index (κ3) is 3.66. The van der Waals surface area contributed by atoms with E-state index in [0.29, 0.717) is 28.4 Å². The van der Waals surface area contributed by atoms with Gasteiger partial charge in [-0.25, -0.2) is 23.1 Å². The third-order valence-electron chi connectivity index (χ3n) is 6.83. The molecule has 0 bridgehead atoms. The van der Waals surface area contributed by atoms with E-state index in [-0.39, 0.29) is 33.9 Å². The van der Waals surface area contributed by atoms with Crippen LogP contribution in [-0.2, 0) is 5.60 Å². The van der Waals surface area contributed by atoms with Crippen molar-refractivity contribution in [2.45, 2.75) is 38.2 Å². The minimum atomic E-state index is -2.16. The van der Waals surface area contributed by atoms with Crippen LogP contribution in [0.1, 0.15) is 53.0 Å². The number of hydrogen-bond acceptors (Lipinski definition) is 7. The van der Waals surface area contributed by atoms with Gasteiger partial charge in [-0.05, 0) is 68.7 Å². The molecular weight excluding hydrogens is 496 g/mol. The molecule has 4 heterocycles. The summed E-state index contributed by atoms with van der Waals surface area (Å²) >= 11 is 0. The molecule has 1 aliphatic rings. The predicted molar refractivity (Wildman–Crippen MR) is 131 cm³/mol. The third-order valence-corrected chi connectivity index (χ3v) is 6.83. The van der Waals surface area contributed by atoms with Crippen LogP contribution in [0.2, 0.25) is 0 Å². The summed E-state index contributed by atoms with van der Waals surface area (Å²) in [6.45, 7) is 3.47. The van der Waals surface area contributed by atoms with E-state index in [2.05, 4.69) is 15.1 Å². The van der Waals surface area contributed by atoms with E-state index in [0.717, 1.165) is 41.9 Å². The maximum absolute atomic E-state index is 13.9. The first-order valence-electron chi connectivity index (χ1n) is 11.9. The van der Waals surface area contributed by atoms with Gasteiger partial charge in [0.05, 0.1) is 40.5 Å². The summed E-state index contributed by atoms with van der Waals surface area (Å²) in [5.74, 6) is -0.450. The lowest BCUT2D eigenvalue weighted by atomic mass is 9.83. The Morgan fingerprint density at radius 3 is 2.16 bits per heavy atom. The monoisotopic (exact) mass is 517 g/mol. The number of nitrogens with zero attached hydrogens (tertiary/aromatic N) is 5. The van der Waals surface area contributed by atoms with Gasteiger partial charge in [0, 0.05) is 17.0 Å². The molecule has 9 nitrogen and oxygen atoms in total. The topological polar surface area (TPSA) is 127 Å². The van der Waals surface area contributed by atoms with Crippen molar-refractivity contribution in [3.8, 4) is 11.1 Å². The van der Waals surface area contributed by atoms with Gasteiger partial charge in [-0.3, -0.25) is 9.97 Å². The van der Waals surface area contributed by atoms with Gasteiger partial charge in [0.25, 0.3) is 0 Å². The molecule has 0 radical (unpaired) electrons. The molecule has 0 aliphatic heterocycles. The number of hydrogen-bond donors (Lipinski definition) is 2. The first kappa shape index (κ1) is 23.9. The first-order chi connectivity index (χ1) is 18.2. The molecule has 0 spiro atoms. The molecule has 5 aromatic rings. The number of rotatable bonds is 5. The second-order valence-electron chi connectivity index (χ2n) is 9.39. The number of carbonyl (C=O) groups is 1. The number of carboxylic acid groups (broad SMARTS) is 1. The average molecular weight is 517 g/mol. The van der Waals surface area contributed by atoms with E-state index < -0.39 is 23.3 Å². The van der Waals surface area contributed by atoms with Crippen LogP contribution in [0.5, 0.6) is 0 Å². The Hall–Kier alpha value is -4.51. The molecule has 6 rings (SSSR count). The summed E-state index contributed by atoms with van der Waals surface area (Å²) in [6, 6.07) is 8.17. The Kier molecular flexibility index (Phi) is 5.35. The highest BCUT2D eigenvalue weighted by Crippen LogP contribution is 2.45. The molecule has 38 heavy (non-hydrogen) atoms. The number of aromatic nitrogens is 5. The standard InChI is InChI=1S/C27H21F2N5O4/c1-13-23(14(2)38-33-13)16-9-19(24-20(10-16)34(26(35)36)25(32-24)15-3-4-15)27(37,21-7-5-17(28)11-30-21)22-8-6-18(29)12-31-22/h5-12,15,37H,3-4H2,1-2H3,(H,35,36). The fourth-order valence-corrected chi connectivity index (χ4v) is 4.91. The lowest BCUT2D eigenvalue weighted by Crippen LogP contribution is -2.32. The zero-order valence-electron chi connectivity index (χ0n) is 20.3. The van der Waals surface area contributed by atoms with Gasteiger partial charge >= 0.3 is 6.09 Å². The maximum Gasteiger partial charge on any atom is 0.417 e. The molecule has 2 N–H and O–H groups in total. The van der Waals surface area contributed by atoms with Crippen LogP contribution in [0.4, 0.5) is 13.6 Å². The van der Waals surface area contributed by atoms with Gasteiger partial charge in [0.2, 0.25) is 0 Å². The van der Waals surface area contributed by atoms with Crippen LogP contribution in [0, 0.1) is 25.5 Å². The number of fused-ring (bicyclic) bond motifs is 1. The van der Waals surface area contributed by atoms with Crippen LogP contribution in [0.25, 0.3) is 22.2 Å². The maximum atomic E-state index is 13.9. The molecule has 1 aromatic carbocycles. The number of imidazole rings is 1. The van der Waals surface area contributed by atoms with E-state index in [1.54, 1.807) is 26.0 Å². The second-order valence-corrected chi connectivity index (χ2v) is 9.39. The van der Waals surface area contributed by atoms with Gasteiger partial charge in [-0.2, -0.15) is 0 Å². The molecule has 11 heteroatoms. The van der Waals surface area contributed by atoms with Gasteiger partial charge < -0.3 is 14.7 Å². The van der Waals surface area contributed by atoms with Crippen molar-refractivity contribution in [3.05, 3.63) is 94.7 Å². The Balaban J connectivity index is 1.76. The zero-order chi connectivity index (χ0) is 26.8. The van der Waals surface area contributed by atoms with E-state index in [1.165, 1.54) is 12.1 Å². The quantitative estimate of drug-likeness (QED) is 0.331. The van der Waals surface area contributed by atoms with E-state index in [1.807, 2.05) is 0 Å². The molecule has 0 amide bonds. The number of halogens is 2. The molecule has 1 saturated carbocycles. The summed E-state index contributed by atoms with van der Waals surface area (Å²) in [7, 11) is 0. The summed E-state index contributed by atoms with van der Waals surface area (Å²) in [4.78, 5) is 25.4. The molecule has 1 fully saturated rings. The molecular formula is C27H21F2N5O4. The van der Waals surface area contributed by atoms with Crippen molar-refractivity contribution in [2.24, 2.45) is 0 Å². The number of aryl methyl sites for hydroxylation is 2. The molecule has 192 valence electrons. The van der Waals surface area contributed by atoms with Crippen molar-refractivity contribution >= 4 is 17.1 Å². The van der Waals surface area contributed by atoms with E-state index >= 15 is 0 Å². The van der Waals surface area contributed by atoms with Crippen LogP contribution >= 0.6 is 0 Å². The zero-order valence-corrected chi connectivity index (χ0v) is 20.3. The largest absolute Gasteiger partial charge is 0.464 e. The smallest absolute Gasteiger partial charge is 0.417 e. The molecule has 0 atom stereocenters. The lowest BCUT2D eigenvalue weighted by Gasteiger charge is -2.28. The lowest BCUT2D eigenvalue weighted by molar-refractivity contribution is 0.117.